The van der Waals surface area contributed by atoms with E-state index in [4.69, 9.17) is 0 Å². The first-order valence-electron chi connectivity index (χ1n) is 10.2. The van der Waals surface area contributed by atoms with Gasteiger partial charge in [0.15, 0.2) is 0 Å². The smallest absolute Gasteiger partial charge is 0.239 e. The molecule has 0 bridgehead atoms. The van der Waals surface area contributed by atoms with E-state index in [0.717, 1.165) is 30.4 Å². The molecule has 0 radical (unpaired) electrons. The summed E-state index contributed by atoms with van der Waals surface area (Å²) in [5.41, 5.74) is 0.746. The second kappa shape index (κ2) is 6.12. The first-order chi connectivity index (χ1) is 12.6. The third-order valence-corrected chi connectivity index (χ3v) is 9.23. The summed E-state index contributed by atoms with van der Waals surface area (Å²) in [6.07, 6.45) is 8.93. The summed E-state index contributed by atoms with van der Waals surface area (Å²) in [6, 6.07) is 9.52. The second-order valence-electron chi connectivity index (χ2n) is 8.79. The molecule has 6 unspecified atom stereocenters. The number of hydrogen-bond acceptors (Lipinski definition) is 3. The van der Waals surface area contributed by atoms with Crippen molar-refractivity contribution in [1.82, 2.24) is 0 Å². The molecule has 2 saturated carbocycles. The lowest BCUT2D eigenvalue weighted by Gasteiger charge is -2.46. The first-order valence-corrected chi connectivity index (χ1v) is 11.1. The average molecular weight is 370 g/mol. The lowest BCUT2D eigenvalue weighted by atomic mass is 9.63. The van der Waals surface area contributed by atoms with Crippen LogP contribution < -0.4 is 4.90 Å². The highest BCUT2D eigenvalue weighted by Gasteiger charge is 2.65. The van der Waals surface area contributed by atoms with Crippen molar-refractivity contribution in [3.63, 3.8) is 0 Å². The van der Waals surface area contributed by atoms with Crippen LogP contribution in [0.1, 0.15) is 51.9 Å². The lowest BCUT2D eigenvalue weighted by Crippen LogP contribution is -2.45. The molecule has 3 nitrogen and oxygen atoms in total. The number of nitrogens with zero attached hydrogens (tertiary/aromatic N) is 1. The van der Waals surface area contributed by atoms with Gasteiger partial charge in [0, 0.05) is 10.00 Å². The molecule has 6 atom stereocenters. The van der Waals surface area contributed by atoms with Crippen LogP contribution in [-0.2, 0) is 9.59 Å². The summed E-state index contributed by atoms with van der Waals surface area (Å²) in [4.78, 5) is 28.2. The lowest BCUT2D eigenvalue weighted by molar-refractivity contribution is -0.123. The minimum absolute atomic E-state index is 0.00113. The summed E-state index contributed by atoms with van der Waals surface area (Å²) in [6.45, 7) is 2.17. The maximum Gasteiger partial charge on any atom is 0.239 e. The monoisotopic (exact) mass is 369 g/mol. The number of para-hydroxylation sites is 1. The summed E-state index contributed by atoms with van der Waals surface area (Å²) in [5, 5.41) is 0.241. The van der Waals surface area contributed by atoms with Crippen molar-refractivity contribution in [2.24, 2.45) is 23.7 Å². The van der Waals surface area contributed by atoms with E-state index in [2.05, 4.69) is 6.92 Å². The SMILES string of the molecule is CC1SC2(CCC3CCCCC3C2)C2C(=O)N(c3ccccc3)C(=O)C12. The van der Waals surface area contributed by atoms with Crippen molar-refractivity contribution >= 4 is 29.3 Å². The van der Waals surface area contributed by atoms with Crippen LogP contribution in [0, 0.1) is 23.7 Å². The number of carbonyl (C=O) groups is 2. The molecule has 1 aromatic carbocycles. The molecule has 1 aromatic rings. The van der Waals surface area contributed by atoms with Gasteiger partial charge < -0.3 is 0 Å². The van der Waals surface area contributed by atoms with Crippen LogP contribution in [0.25, 0.3) is 0 Å². The molecule has 4 fully saturated rings. The summed E-state index contributed by atoms with van der Waals surface area (Å²) >= 11 is 1.97. The molecular formula is C22H27NO2S. The van der Waals surface area contributed by atoms with Gasteiger partial charge in [-0.3, -0.25) is 9.59 Å². The normalized spacial score (nSPS) is 42.2. The Morgan fingerprint density at radius 1 is 1.00 bits per heavy atom. The average Bonchev–Trinajstić information content (AvgIpc) is 3.09. The Morgan fingerprint density at radius 2 is 1.73 bits per heavy atom. The summed E-state index contributed by atoms with van der Waals surface area (Å²) in [7, 11) is 0. The number of imide groups is 1. The van der Waals surface area contributed by atoms with Crippen LogP contribution >= 0.6 is 11.8 Å². The van der Waals surface area contributed by atoms with E-state index in [1.165, 1.54) is 37.0 Å². The molecule has 2 amide bonds. The molecule has 0 N–H and O–H groups in total. The van der Waals surface area contributed by atoms with Gasteiger partial charge >= 0.3 is 0 Å². The third kappa shape index (κ3) is 2.33. The molecule has 4 aliphatic rings. The van der Waals surface area contributed by atoms with Crippen molar-refractivity contribution in [2.75, 3.05) is 4.90 Å². The predicted octanol–water partition coefficient (Wildman–Crippen LogP) is 4.66. The van der Waals surface area contributed by atoms with Crippen molar-refractivity contribution in [3.8, 4) is 0 Å². The van der Waals surface area contributed by atoms with E-state index < -0.39 is 0 Å². The van der Waals surface area contributed by atoms with Gasteiger partial charge in [0.1, 0.15) is 0 Å². The van der Waals surface area contributed by atoms with Gasteiger partial charge in [-0.05, 0) is 43.2 Å². The fourth-order valence-corrected chi connectivity index (χ4v) is 8.46. The van der Waals surface area contributed by atoms with Crippen LogP contribution in [0.5, 0.6) is 0 Å². The molecule has 2 saturated heterocycles. The summed E-state index contributed by atoms with van der Waals surface area (Å²) in [5.74, 6) is 1.49. The Morgan fingerprint density at radius 3 is 2.50 bits per heavy atom. The Kier molecular flexibility index (Phi) is 3.97. The number of thioether (sulfide) groups is 1. The zero-order valence-electron chi connectivity index (χ0n) is 15.4. The zero-order chi connectivity index (χ0) is 17.9. The van der Waals surface area contributed by atoms with Gasteiger partial charge in [0.05, 0.1) is 17.5 Å². The minimum atomic E-state index is -0.132. The number of benzene rings is 1. The number of fused-ring (bicyclic) bond motifs is 3. The van der Waals surface area contributed by atoms with Crippen LogP contribution in [0.15, 0.2) is 30.3 Å². The zero-order valence-corrected chi connectivity index (χ0v) is 16.2. The van der Waals surface area contributed by atoms with Gasteiger partial charge in [0.2, 0.25) is 11.8 Å². The van der Waals surface area contributed by atoms with Crippen molar-refractivity contribution in [2.45, 2.75) is 61.9 Å². The number of anilines is 1. The fourth-order valence-electron chi connectivity index (χ4n) is 6.36. The molecule has 2 aliphatic heterocycles. The highest BCUT2D eigenvalue weighted by molar-refractivity contribution is 8.01. The number of carbonyl (C=O) groups excluding carboxylic acids is 2. The van der Waals surface area contributed by atoms with Crippen molar-refractivity contribution < 1.29 is 9.59 Å². The Bertz CT molecular complexity index is 735. The Labute approximate surface area is 159 Å². The molecule has 5 rings (SSSR count). The molecule has 1 spiro atoms. The minimum Gasteiger partial charge on any atom is -0.274 e. The molecule has 2 heterocycles. The topological polar surface area (TPSA) is 37.4 Å². The molecular weight excluding hydrogens is 342 g/mol. The maximum absolute atomic E-state index is 13.5. The Hall–Kier alpha value is -1.29. The van der Waals surface area contributed by atoms with Crippen LogP contribution in [0.4, 0.5) is 5.69 Å². The summed E-state index contributed by atoms with van der Waals surface area (Å²) < 4.78 is -0.00113. The van der Waals surface area contributed by atoms with E-state index >= 15 is 0 Å². The first kappa shape index (κ1) is 16.9. The van der Waals surface area contributed by atoms with E-state index in [1.807, 2.05) is 42.1 Å². The predicted molar refractivity (Wildman–Crippen MR) is 105 cm³/mol. The van der Waals surface area contributed by atoms with Crippen LogP contribution in [-0.4, -0.2) is 21.8 Å². The van der Waals surface area contributed by atoms with E-state index in [1.54, 1.807) is 0 Å². The number of hydrogen-bond donors (Lipinski definition) is 0. The highest BCUT2D eigenvalue weighted by atomic mass is 32.2. The highest BCUT2D eigenvalue weighted by Crippen LogP contribution is 2.63. The largest absolute Gasteiger partial charge is 0.274 e. The van der Waals surface area contributed by atoms with E-state index in [0.29, 0.717) is 0 Å². The van der Waals surface area contributed by atoms with Gasteiger partial charge in [-0.2, -0.15) is 11.8 Å². The standard InChI is InChI=1S/C22H27NO2S/c1-14-18-19(21(25)23(20(18)24)17-9-3-2-4-10-17)22(26-14)12-11-15-7-5-6-8-16(15)13-22/h2-4,9-10,14-16,18-19H,5-8,11-13H2,1H3. The quantitative estimate of drug-likeness (QED) is 0.676. The van der Waals surface area contributed by atoms with Crippen LogP contribution in [0.2, 0.25) is 0 Å². The van der Waals surface area contributed by atoms with E-state index in [-0.39, 0.29) is 33.6 Å². The molecule has 2 aliphatic carbocycles. The Balaban J connectivity index is 1.49. The van der Waals surface area contributed by atoms with Gasteiger partial charge in [-0.25, -0.2) is 4.90 Å². The van der Waals surface area contributed by atoms with Crippen molar-refractivity contribution in [1.29, 1.82) is 0 Å². The van der Waals surface area contributed by atoms with Gasteiger partial charge in [-0.1, -0.05) is 50.8 Å². The second-order valence-corrected chi connectivity index (χ2v) is 10.6. The van der Waals surface area contributed by atoms with Crippen LogP contribution in [0.3, 0.4) is 0 Å². The molecule has 138 valence electrons. The van der Waals surface area contributed by atoms with Gasteiger partial charge in [0.25, 0.3) is 0 Å². The van der Waals surface area contributed by atoms with Crippen molar-refractivity contribution in [3.05, 3.63) is 30.3 Å². The third-order valence-electron chi connectivity index (χ3n) is 7.47. The molecule has 0 aromatic heterocycles. The number of amides is 2. The number of rotatable bonds is 1. The molecule has 26 heavy (non-hydrogen) atoms. The van der Waals surface area contributed by atoms with Gasteiger partial charge in [-0.15, -0.1) is 0 Å². The fraction of sp³-hybridized carbons (Fsp3) is 0.636. The maximum atomic E-state index is 13.5. The molecule has 4 heteroatoms. The van der Waals surface area contributed by atoms with E-state index in [9.17, 15) is 9.59 Å².